The Kier molecular flexibility index (Phi) is 10.2. The summed E-state index contributed by atoms with van der Waals surface area (Å²) in [6.45, 7) is 9.13. The van der Waals surface area contributed by atoms with Crippen LogP contribution in [0.5, 0.6) is 5.75 Å². The average molecular weight is 546 g/mol. The van der Waals surface area contributed by atoms with E-state index >= 15 is 0 Å². The molecule has 0 unspecified atom stereocenters. The van der Waals surface area contributed by atoms with Crippen LogP contribution in [0, 0.1) is 18.3 Å². The van der Waals surface area contributed by atoms with Gasteiger partial charge in [0, 0.05) is 21.3 Å². The maximum Gasteiger partial charge on any atom is 0.348 e. The molecule has 0 saturated carbocycles. The predicted octanol–water partition coefficient (Wildman–Crippen LogP) is 5.46. The third-order valence-electron chi connectivity index (χ3n) is 4.53. The van der Waals surface area contributed by atoms with E-state index in [1.54, 1.807) is 45.0 Å². The molecule has 34 heavy (non-hydrogen) atoms. The number of halogens is 1. The van der Waals surface area contributed by atoms with Gasteiger partial charge < -0.3 is 14.2 Å². The van der Waals surface area contributed by atoms with Gasteiger partial charge in [-0.25, -0.2) is 9.59 Å². The molecule has 1 aromatic heterocycles. The number of carbonyl (C=O) groups excluding carboxylic acids is 3. The molecule has 9 heteroatoms. The number of hydrogen-bond acceptors (Lipinski definition) is 8. The van der Waals surface area contributed by atoms with E-state index in [0.717, 1.165) is 15.8 Å². The first-order valence-corrected chi connectivity index (χ1v) is 12.0. The number of hydrogen-bond donors (Lipinski definition) is 0. The third-order valence-corrected chi connectivity index (χ3v) is 6.30. The van der Waals surface area contributed by atoms with Crippen LogP contribution >= 0.6 is 27.3 Å². The maximum absolute atomic E-state index is 13.1. The van der Waals surface area contributed by atoms with Crippen LogP contribution in [-0.2, 0) is 20.7 Å². The molecule has 0 spiro atoms. The Bertz CT molecular complexity index is 1170. The normalized spacial score (nSPS) is 10.9. The van der Waals surface area contributed by atoms with Gasteiger partial charge in [-0.2, -0.15) is 5.26 Å². The molecule has 0 saturated heterocycles. The number of Topliss-reactive ketones (excluding diaryl/α,β-unsaturated/α-hetero) is 1. The van der Waals surface area contributed by atoms with Gasteiger partial charge in [-0.05, 0) is 50.6 Å². The van der Waals surface area contributed by atoms with Gasteiger partial charge in [0.15, 0.2) is 5.78 Å². The van der Waals surface area contributed by atoms with Crippen LogP contribution in [0.2, 0.25) is 0 Å². The molecular weight excluding hydrogens is 522 g/mol. The molecule has 0 aliphatic carbocycles. The van der Waals surface area contributed by atoms with Gasteiger partial charge in [0.05, 0.1) is 24.4 Å². The number of allylic oxidation sites excluding steroid dienone is 1. The van der Waals surface area contributed by atoms with Gasteiger partial charge in [-0.15, -0.1) is 11.3 Å². The molecular formula is C25H24BrNO6S. The Labute approximate surface area is 210 Å². The summed E-state index contributed by atoms with van der Waals surface area (Å²) in [7, 11) is 0. The zero-order valence-electron chi connectivity index (χ0n) is 19.1. The van der Waals surface area contributed by atoms with E-state index in [1.165, 1.54) is 6.08 Å². The lowest BCUT2D eigenvalue weighted by molar-refractivity contribution is -0.114. The molecule has 2 rings (SSSR count). The summed E-state index contributed by atoms with van der Waals surface area (Å²) in [6.07, 6.45) is 2.76. The van der Waals surface area contributed by atoms with E-state index in [2.05, 4.69) is 22.5 Å². The highest BCUT2D eigenvalue weighted by molar-refractivity contribution is 9.10. The SMILES string of the molecule is C=CCOc1ccc(Br)cc1C=C(C#N)C(=O)Cc1sc(C(=O)OCC)c(C)c1C(=O)OCC. The largest absolute Gasteiger partial charge is 0.489 e. The first-order chi connectivity index (χ1) is 16.3. The highest BCUT2D eigenvalue weighted by atomic mass is 79.9. The molecule has 0 aliphatic heterocycles. The van der Waals surface area contributed by atoms with Crippen molar-refractivity contribution in [2.75, 3.05) is 19.8 Å². The Balaban J connectivity index is 2.47. The lowest BCUT2D eigenvalue weighted by atomic mass is 10.0. The quantitative estimate of drug-likeness (QED) is 0.160. The smallest absolute Gasteiger partial charge is 0.348 e. The molecule has 7 nitrogen and oxygen atoms in total. The molecule has 0 N–H and O–H groups in total. The number of carbonyl (C=O) groups is 3. The van der Waals surface area contributed by atoms with Gasteiger partial charge >= 0.3 is 11.9 Å². The minimum Gasteiger partial charge on any atom is -0.489 e. The summed E-state index contributed by atoms with van der Waals surface area (Å²) in [4.78, 5) is 38.6. The van der Waals surface area contributed by atoms with Gasteiger partial charge in [-0.1, -0.05) is 28.6 Å². The lowest BCUT2D eigenvalue weighted by Crippen LogP contribution is -2.12. The zero-order chi connectivity index (χ0) is 25.3. The highest BCUT2D eigenvalue weighted by Gasteiger charge is 2.28. The van der Waals surface area contributed by atoms with Gasteiger partial charge in [-0.3, -0.25) is 4.79 Å². The first-order valence-electron chi connectivity index (χ1n) is 10.4. The summed E-state index contributed by atoms with van der Waals surface area (Å²) < 4.78 is 16.6. The summed E-state index contributed by atoms with van der Waals surface area (Å²) in [5, 5.41) is 9.68. The monoisotopic (exact) mass is 545 g/mol. The molecule has 0 amide bonds. The van der Waals surface area contributed by atoms with Crippen molar-refractivity contribution in [2.24, 2.45) is 0 Å². The van der Waals surface area contributed by atoms with Gasteiger partial charge in [0.1, 0.15) is 23.3 Å². The molecule has 0 radical (unpaired) electrons. The van der Waals surface area contributed by atoms with Crippen molar-refractivity contribution >= 4 is 51.1 Å². The first kappa shape index (κ1) is 27.0. The van der Waals surface area contributed by atoms with E-state index in [-0.39, 0.29) is 42.3 Å². The van der Waals surface area contributed by atoms with E-state index < -0.39 is 17.7 Å². The van der Waals surface area contributed by atoms with Crippen LogP contribution < -0.4 is 4.74 Å². The van der Waals surface area contributed by atoms with Crippen molar-refractivity contribution in [3.05, 3.63) is 67.3 Å². The minimum absolute atomic E-state index is 0.125. The second-order valence-corrected chi connectivity index (χ2v) is 8.87. The Morgan fingerprint density at radius 3 is 2.47 bits per heavy atom. The summed E-state index contributed by atoms with van der Waals surface area (Å²) in [5.74, 6) is -1.25. The van der Waals surface area contributed by atoms with Crippen molar-refractivity contribution < 1.29 is 28.6 Å². The zero-order valence-corrected chi connectivity index (χ0v) is 21.5. The predicted molar refractivity (Wildman–Crippen MR) is 133 cm³/mol. The number of esters is 2. The fraction of sp³-hybridized carbons (Fsp3) is 0.280. The summed E-state index contributed by atoms with van der Waals surface area (Å²) >= 11 is 4.37. The molecule has 2 aromatic rings. The van der Waals surface area contributed by atoms with Crippen molar-refractivity contribution in [3.63, 3.8) is 0 Å². The van der Waals surface area contributed by atoms with E-state index in [4.69, 9.17) is 14.2 Å². The molecule has 1 aromatic carbocycles. The number of benzene rings is 1. The number of thiophene rings is 1. The Hall–Kier alpha value is -3.22. The molecule has 0 bridgehead atoms. The highest BCUT2D eigenvalue weighted by Crippen LogP contribution is 2.32. The maximum atomic E-state index is 13.1. The van der Waals surface area contributed by atoms with E-state index in [9.17, 15) is 19.6 Å². The minimum atomic E-state index is -0.635. The third kappa shape index (κ3) is 6.65. The van der Waals surface area contributed by atoms with Crippen LogP contribution in [0.15, 0.2) is 40.9 Å². The van der Waals surface area contributed by atoms with Crippen LogP contribution in [0.3, 0.4) is 0 Å². The molecule has 1 heterocycles. The molecule has 178 valence electrons. The van der Waals surface area contributed by atoms with Crippen LogP contribution in [0.4, 0.5) is 0 Å². The summed E-state index contributed by atoms with van der Waals surface area (Å²) in [5.41, 5.74) is 0.943. The number of rotatable bonds is 11. The standard InChI is InChI=1S/C25H24BrNO6S/c1-5-10-33-20-9-8-18(26)12-16(20)11-17(14-27)19(28)13-21-22(24(29)31-6-2)15(4)23(34-21)25(30)32-7-3/h5,8-9,11-12H,1,6-7,10,13H2,2-4H3. The topological polar surface area (TPSA) is 103 Å². The molecule has 0 fully saturated rings. The fourth-order valence-corrected chi connectivity index (χ4v) is 4.61. The second kappa shape index (κ2) is 12.9. The lowest BCUT2D eigenvalue weighted by Gasteiger charge is -2.09. The van der Waals surface area contributed by atoms with Crippen molar-refractivity contribution in [2.45, 2.75) is 27.2 Å². The number of ether oxygens (including phenoxy) is 3. The number of nitrogens with zero attached hydrogens (tertiary/aromatic N) is 1. The van der Waals surface area contributed by atoms with Gasteiger partial charge in [0.25, 0.3) is 0 Å². The number of ketones is 1. The summed E-state index contributed by atoms with van der Waals surface area (Å²) in [6, 6.07) is 7.15. The Morgan fingerprint density at radius 1 is 1.18 bits per heavy atom. The van der Waals surface area contributed by atoms with Gasteiger partial charge in [0.2, 0.25) is 0 Å². The number of nitriles is 1. The van der Waals surface area contributed by atoms with Crippen LogP contribution in [-0.4, -0.2) is 37.5 Å². The molecule has 0 atom stereocenters. The van der Waals surface area contributed by atoms with E-state index in [0.29, 0.717) is 21.8 Å². The van der Waals surface area contributed by atoms with Crippen molar-refractivity contribution in [1.29, 1.82) is 5.26 Å². The van der Waals surface area contributed by atoms with Crippen LogP contribution in [0.1, 0.15) is 49.9 Å². The molecule has 0 aliphatic rings. The van der Waals surface area contributed by atoms with Crippen molar-refractivity contribution in [3.8, 4) is 11.8 Å². The van der Waals surface area contributed by atoms with E-state index in [1.807, 2.05) is 6.07 Å². The fourth-order valence-electron chi connectivity index (χ4n) is 3.04. The second-order valence-electron chi connectivity index (χ2n) is 6.85. The Morgan fingerprint density at radius 2 is 1.85 bits per heavy atom. The average Bonchev–Trinajstić information content (AvgIpc) is 3.12. The van der Waals surface area contributed by atoms with Crippen LogP contribution in [0.25, 0.3) is 6.08 Å². The van der Waals surface area contributed by atoms with Crippen molar-refractivity contribution in [1.82, 2.24) is 0 Å².